The molecular weight excluding hydrogens is 399 g/mol. The molecule has 2 aromatic rings. The molecule has 10 heteroatoms. The number of anilines is 1. The molecule has 0 saturated heterocycles. The molecule has 0 aliphatic carbocycles. The Morgan fingerprint density at radius 3 is 2.84 bits per heavy atom. The first-order valence-electron chi connectivity index (χ1n) is 4.82. The Labute approximate surface area is 123 Å². The van der Waals surface area contributed by atoms with E-state index < -0.39 is 18.5 Å². The van der Waals surface area contributed by atoms with Crippen LogP contribution in [0.5, 0.6) is 0 Å². The largest absolute Gasteiger partial charge is 0.451 e. The summed E-state index contributed by atoms with van der Waals surface area (Å²) < 4.78 is 38.3. The van der Waals surface area contributed by atoms with Crippen LogP contribution >= 0.6 is 34.2 Å². The van der Waals surface area contributed by atoms with Gasteiger partial charge in [-0.1, -0.05) is 11.6 Å². The highest BCUT2D eigenvalue weighted by molar-refractivity contribution is 14.1. The summed E-state index contributed by atoms with van der Waals surface area (Å²) in [4.78, 5) is 14.8. The summed E-state index contributed by atoms with van der Waals surface area (Å²) in [6.45, 7) is -0.886. The summed E-state index contributed by atoms with van der Waals surface area (Å²) in [5.41, 5.74) is 0.504. The average Bonchev–Trinajstić information content (AvgIpc) is 2.66. The van der Waals surface area contributed by atoms with Crippen molar-refractivity contribution in [2.45, 2.75) is 6.18 Å². The number of halogens is 5. The molecule has 1 N–H and O–H groups in total. The summed E-state index contributed by atoms with van der Waals surface area (Å²) in [7, 11) is 0. The van der Waals surface area contributed by atoms with Gasteiger partial charge in [-0.15, -0.1) is 0 Å². The zero-order valence-corrected chi connectivity index (χ0v) is 11.9. The van der Waals surface area contributed by atoms with Gasteiger partial charge in [0.1, 0.15) is 3.70 Å². The number of Topliss-reactive ketones (excluding diaryl/α,β-unsaturated/α-hetero) is 1. The number of hydrogen-bond donors (Lipinski definition) is 1. The van der Waals surface area contributed by atoms with E-state index in [0.29, 0.717) is 9.35 Å². The molecule has 0 amide bonds. The van der Waals surface area contributed by atoms with Gasteiger partial charge in [-0.25, -0.2) is 9.50 Å². The number of ketones is 1. The van der Waals surface area contributed by atoms with Crippen molar-refractivity contribution in [2.75, 3.05) is 11.9 Å². The van der Waals surface area contributed by atoms with Gasteiger partial charge in [0.05, 0.1) is 18.4 Å². The third kappa shape index (κ3) is 3.08. The molecule has 0 saturated carbocycles. The van der Waals surface area contributed by atoms with E-state index >= 15 is 0 Å². The number of imidazole rings is 1. The monoisotopic (exact) mass is 404 g/mol. The van der Waals surface area contributed by atoms with Crippen LogP contribution in [0, 0.1) is 3.70 Å². The maximum atomic E-state index is 12.1. The van der Waals surface area contributed by atoms with Gasteiger partial charge >= 0.3 is 6.18 Å². The van der Waals surface area contributed by atoms with Gasteiger partial charge in [-0.2, -0.15) is 18.3 Å². The molecule has 2 heterocycles. The summed E-state index contributed by atoms with van der Waals surface area (Å²) in [6, 6.07) is 1.31. The molecule has 0 radical (unpaired) electrons. The van der Waals surface area contributed by atoms with Crippen molar-refractivity contribution in [1.82, 2.24) is 14.6 Å². The Hall–Kier alpha value is -1.10. The molecule has 0 unspecified atom stereocenters. The van der Waals surface area contributed by atoms with Gasteiger partial charge in [0.25, 0.3) is 5.78 Å². The van der Waals surface area contributed by atoms with Crippen LogP contribution < -0.4 is 5.32 Å². The number of nitrogens with one attached hydrogen (secondary N) is 1. The summed E-state index contributed by atoms with van der Waals surface area (Å²) in [5, 5.41) is 6.38. The van der Waals surface area contributed by atoms with Crippen LogP contribution in [-0.4, -0.2) is 33.1 Å². The fraction of sp³-hybridized carbons (Fsp3) is 0.222. The zero-order valence-electron chi connectivity index (χ0n) is 9.00. The lowest BCUT2D eigenvalue weighted by Gasteiger charge is -2.09. The highest BCUT2D eigenvalue weighted by Crippen LogP contribution is 2.22. The lowest BCUT2D eigenvalue weighted by atomic mass is 10.3. The molecule has 0 spiro atoms. The molecule has 0 bridgehead atoms. The smallest absolute Gasteiger partial charge is 0.374 e. The first-order valence-corrected chi connectivity index (χ1v) is 6.28. The summed E-state index contributed by atoms with van der Waals surface area (Å²) in [6.07, 6.45) is -3.39. The Morgan fingerprint density at radius 1 is 1.53 bits per heavy atom. The van der Waals surface area contributed by atoms with E-state index in [9.17, 15) is 18.0 Å². The number of aromatic nitrogens is 3. The minimum Gasteiger partial charge on any atom is -0.374 e. The van der Waals surface area contributed by atoms with Gasteiger partial charge < -0.3 is 5.32 Å². The Kier molecular flexibility index (Phi) is 3.85. The molecule has 0 atom stereocenters. The second-order valence-corrected chi connectivity index (χ2v) is 4.96. The SMILES string of the molecule is O=C(CNc1cc(Cl)nn2c(I)cnc12)C(F)(F)F. The summed E-state index contributed by atoms with van der Waals surface area (Å²) >= 11 is 7.69. The number of hydrogen-bond acceptors (Lipinski definition) is 4. The van der Waals surface area contributed by atoms with Crippen molar-refractivity contribution in [3.63, 3.8) is 0 Å². The normalized spacial score (nSPS) is 11.8. The first-order chi connectivity index (χ1) is 8.79. The predicted molar refractivity (Wildman–Crippen MR) is 70.3 cm³/mol. The molecule has 2 aromatic heterocycles. The van der Waals surface area contributed by atoms with Crippen molar-refractivity contribution in [1.29, 1.82) is 0 Å². The Balaban J connectivity index is 2.28. The van der Waals surface area contributed by atoms with Crippen LogP contribution in [0.3, 0.4) is 0 Å². The highest BCUT2D eigenvalue weighted by Gasteiger charge is 2.37. The standard InChI is InChI=1S/C9H5ClF3IN4O/c10-6-1-4(15-2-5(19)9(11,12)13)8-16-3-7(14)18(8)17-6/h1,3,15H,2H2. The van der Waals surface area contributed by atoms with Crippen molar-refractivity contribution >= 4 is 51.3 Å². The van der Waals surface area contributed by atoms with Gasteiger partial charge in [0, 0.05) is 6.07 Å². The molecule has 0 aromatic carbocycles. The molecule has 19 heavy (non-hydrogen) atoms. The van der Waals surface area contributed by atoms with Crippen LogP contribution in [-0.2, 0) is 4.79 Å². The third-order valence-corrected chi connectivity index (χ3v) is 3.07. The minimum atomic E-state index is -4.87. The van der Waals surface area contributed by atoms with Crippen LogP contribution in [0.2, 0.25) is 5.15 Å². The quantitative estimate of drug-likeness (QED) is 0.799. The van der Waals surface area contributed by atoms with E-state index in [2.05, 4.69) is 15.4 Å². The zero-order chi connectivity index (χ0) is 14.2. The first kappa shape index (κ1) is 14.3. The van der Waals surface area contributed by atoms with Crippen molar-refractivity contribution in [2.24, 2.45) is 0 Å². The Bertz CT molecular complexity index is 642. The minimum absolute atomic E-state index is 0.0744. The van der Waals surface area contributed by atoms with E-state index in [1.54, 1.807) is 0 Å². The lowest BCUT2D eigenvalue weighted by Crippen LogP contribution is -2.29. The van der Waals surface area contributed by atoms with Crippen LogP contribution in [0.1, 0.15) is 0 Å². The van der Waals surface area contributed by atoms with Gasteiger partial charge in [-0.05, 0) is 22.6 Å². The molecule has 0 fully saturated rings. The van der Waals surface area contributed by atoms with E-state index in [1.807, 2.05) is 22.6 Å². The lowest BCUT2D eigenvalue weighted by molar-refractivity contribution is -0.168. The molecule has 102 valence electrons. The third-order valence-electron chi connectivity index (χ3n) is 2.15. The predicted octanol–water partition coefficient (Wildman–Crippen LogP) is 2.53. The number of rotatable bonds is 3. The molecule has 0 aliphatic rings. The number of nitrogens with zero attached hydrogens (tertiary/aromatic N) is 3. The van der Waals surface area contributed by atoms with Crippen molar-refractivity contribution < 1.29 is 18.0 Å². The fourth-order valence-electron chi connectivity index (χ4n) is 1.32. The Morgan fingerprint density at radius 2 is 2.21 bits per heavy atom. The molecule has 5 nitrogen and oxygen atoms in total. The van der Waals surface area contributed by atoms with Crippen molar-refractivity contribution in [3.05, 3.63) is 21.1 Å². The van der Waals surface area contributed by atoms with Gasteiger partial charge in [0.2, 0.25) is 0 Å². The average molecular weight is 405 g/mol. The van der Waals surface area contributed by atoms with Crippen LogP contribution in [0.4, 0.5) is 18.9 Å². The van der Waals surface area contributed by atoms with E-state index in [0.717, 1.165) is 0 Å². The van der Waals surface area contributed by atoms with E-state index in [1.165, 1.54) is 16.8 Å². The van der Waals surface area contributed by atoms with E-state index in [4.69, 9.17) is 11.6 Å². The number of carbonyl (C=O) groups excluding carboxylic acids is 1. The number of carbonyl (C=O) groups is 1. The van der Waals surface area contributed by atoms with E-state index in [-0.39, 0.29) is 10.8 Å². The number of fused-ring (bicyclic) bond motifs is 1. The van der Waals surface area contributed by atoms with Gasteiger partial charge in [0.15, 0.2) is 10.8 Å². The van der Waals surface area contributed by atoms with Crippen LogP contribution in [0.15, 0.2) is 12.3 Å². The number of alkyl halides is 3. The van der Waals surface area contributed by atoms with Crippen LogP contribution in [0.25, 0.3) is 5.65 Å². The molecule has 2 rings (SSSR count). The molecular formula is C9H5ClF3IN4O. The maximum Gasteiger partial charge on any atom is 0.451 e. The van der Waals surface area contributed by atoms with Gasteiger partial charge in [-0.3, -0.25) is 4.79 Å². The topological polar surface area (TPSA) is 59.3 Å². The van der Waals surface area contributed by atoms with Crippen molar-refractivity contribution in [3.8, 4) is 0 Å². The second-order valence-electron chi connectivity index (χ2n) is 3.47. The fourth-order valence-corrected chi connectivity index (χ4v) is 1.98. The summed E-state index contributed by atoms with van der Waals surface area (Å²) in [5.74, 6) is -1.88. The maximum absolute atomic E-state index is 12.1. The second kappa shape index (κ2) is 5.12. The highest BCUT2D eigenvalue weighted by atomic mass is 127. The molecule has 0 aliphatic heterocycles.